The Balaban J connectivity index is 2.46. The topological polar surface area (TPSA) is 37.3 Å². The number of benzene rings is 1. The summed E-state index contributed by atoms with van der Waals surface area (Å²) in [4.78, 5) is 11.1. The molecule has 0 saturated heterocycles. The van der Waals surface area contributed by atoms with E-state index in [1.807, 2.05) is 0 Å². The maximum absolute atomic E-state index is 13.1. The third-order valence-corrected chi connectivity index (χ3v) is 2.97. The van der Waals surface area contributed by atoms with Gasteiger partial charge in [-0.2, -0.15) is 0 Å². The summed E-state index contributed by atoms with van der Waals surface area (Å²) in [5.74, 6) is -1.72. The molecule has 3 heteroatoms. The minimum atomic E-state index is -0.844. The van der Waals surface area contributed by atoms with Crippen molar-refractivity contribution in [3.8, 4) is 0 Å². The van der Waals surface area contributed by atoms with Crippen LogP contribution in [0.1, 0.15) is 36.3 Å². The van der Waals surface area contributed by atoms with Crippen LogP contribution in [-0.4, -0.2) is 11.1 Å². The lowest BCUT2D eigenvalue weighted by atomic mass is 9.93. The fraction of sp³-hybridized carbons (Fsp3) is 0.417. The molecule has 1 aromatic rings. The van der Waals surface area contributed by atoms with Crippen molar-refractivity contribution < 1.29 is 14.3 Å². The highest BCUT2D eigenvalue weighted by molar-refractivity contribution is 5.76. The molecule has 15 heavy (non-hydrogen) atoms. The van der Waals surface area contributed by atoms with E-state index in [1.165, 1.54) is 12.1 Å². The van der Waals surface area contributed by atoms with Crippen LogP contribution in [0.25, 0.3) is 0 Å². The molecule has 2 nitrogen and oxygen atoms in total. The molecule has 0 bridgehead atoms. The SMILES string of the molecule is O=C(O)C1CCCCc2ccc(F)cc21. The van der Waals surface area contributed by atoms with Gasteiger partial charge in [0, 0.05) is 0 Å². The van der Waals surface area contributed by atoms with Gasteiger partial charge in [0.25, 0.3) is 0 Å². The Morgan fingerprint density at radius 2 is 2.20 bits per heavy atom. The highest BCUT2D eigenvalue weighted by Gasteiger charge is 2.24. The molecule has 80 valence electrons. The van der Waals surface area contributed by atoms with E-state index in [0.29, 0.717) is 12.0 Å². The molecule has 0 amide bonds. The number of carboxylic acid groups (broad SMARTS) is 1. The van der Waals surface area contributed by atoms with Crippen LogP contribution in [0, 0.1) is 5.82 Å². The Morgan fingerprint density at radius 3 is 2.93 bits per heavy atom. The molecule has 0 aliphatic heterocycles. The quantitative estimate of drug-likeness (QED) is 0.720. The van der Waals surface area contributed by atoms with E-state index in [9.17, 15) is 9.18 Å². The van der Waals surface area contributed by atoms with E-state index < -0.39 is 11.9 Å². The number of aliphatic carboxylic acids is 1. The maximum atomic E-state index is 13.1. The molecular weight excluding hydrogens is 195 g/mol. The summed E-state index contributed by atoms with van der Waals surface area (Å²) in [6, 6.07) is 4.49. The van der Waals surface area contributed by atoms with E-state index in [2.05, 4.69) is 0 Å². The molecule has 0 spiro atoms. The maximum Gasteiger partial charge on any atom is 0.310 e. The summed E-state index contributed by atoms with van der Waals surface area (Å²) in [7, 11) is 0. The van der Waals surface area contributed by atoms with Gasteiger partial charge >= 0.3 is 5.97 Å². The molecular formula is C12H13FO2. The lowest BCUT2D eigenvalue weighted by Gasteiger charge is -2.12. The zero-order chi connectivity index (χ0) is 10.8. The molecule has 0 radical (unpaired) electrons. The van der Waals surface area contributed by atoms with Crippen LogP contribution in [0.3, 0.4) is 0 Å². The van der Waals surface area contributed by atoms with E-state index in [1.54, 1.807) is 6.07 Å². The third-order valence-electron chi connectivity index (χ3n) is 2.97. The molecule has 1 aromatic carbocycles. The van der Waals surface area contributed by atoms with Crippen LogP contribution in [0.2, 0.25) is 0 Å². The summed E-state index contributed by atoms with van der Waals surface area (Å²) in [6.07, 6.45) is 3.36. The molecule has 1 aliphatic rings. The number of carbonyl (C=O) groups is 1. The van der Waals surface area contributed by atoms with Crippen LogP contribution in [0.4, 0.5) is 4.39 Å². The van der Waals surface area contributed by atoms with Crippen LogP contribution >= 0.6 is 0 Å². The van der Waals surface area contributed by atoms with Crippen LogP contribution < -0.4 is 0 Å². The Hall–Kier alpha value is -1.38. The average Bonchev–Trinajstić information content (AvgIpc) is 2.39. The second-order valence-corrected chi connectivity index (χ2v) is 3.98. The van der Waals surface area contributed by atoms with Crippen LogP contribution in [0.5, 0.6) is 0 Å². The van der Waals surface area contributed by atoms with Gasteiger partial charge in [-0.15, -0.1) is 0 Å². The molecule has 0 heterocycles. The predicted octanol–water partition coefficient (Wildman–Crippen LogP) is 2.72. The number of aryl methyl sites for hydroxylation is 1. The van der Waals surface area contributed by atoms with Gasteiger partial charge in [0.05, 0.1) is 5.92 Å². The zero-order valence-electron chi connectivity index (χ0n) is 8.37. The normalized spacial score (nSPS) is 20.5. The lowest BCUT2D eigenvalue weighted by molar-refractivity contribution is -0.139. The molecule has 1 N–H and O–H groups in total. The Bertz CT molecular complexity index is 387. The van der Waals surface area contributed by atoms with E-state index >= 15 is 0 Å². The van der Waals surface area contributed by atoms with Crippen molar-refractivity contribution in [2.75, 3.05) is 0 Å². The summed E-state index contributed by atoms with van der Waals surface area (Å²) >= 11 is 0. The Morgan fingerprint density at radius 1 is 1.40 bits per heavy atom. The predicted molar refractivity (Wildman–Crippen MR) is 54.3 cm³/mol. The molecule has 2 rings (SSSR count). The number of halogens is 1. The number of hydrogen-bond acceptors (Lipinski definition) is 1. The van der Waals surface area contributed by atoms with Gasteiger partial charge in [0.15, 0.2) is 0 Å². The number of hydrogen-bond donors (Lipinski definition) is 1. The van der Waals surface area contributed by atoms with Crippen molar-refractivity contribution >= 4 is 5.97 Å². The molecule has 1 atom stereocenters. The molecule has 0 saturated carbocycles. The fourth-order valence-corrected chi connectivity index (χ4v) is 2.19. The van der Waals surface area contributed by atoms with Crippen LogP contribution in [-0.2, 0) is 11.2 Å². The first-order valence-corrected chi connectivity index (χ1v) is 5.19. The first kappa shape index (κ1) is 10.1. The lowest BCUT2D eigenvalue weighted by Crippen LogP contribution is -2.12. The minimum absolute atomic E-state index is 0.345. The van der Waals surface area contributed by atoms with Gasteiger partial charge < -0.3 is 5.11 Å². The van der Waals surface area contributed by atoms with Crippen molar-refractivity contribution in [3.63, 3.8) is 0 Å². The van der Waals surface area contributed by atoms with Crippen molar-refractivity contribution in [1.82, 2.24) is 0 Å². The smallest absolute Gasteiger partial charge is 0.310 e. The second-order valence-electron chi connectivity index (χ2n) is 3.98. The fourth-order valence-electron chi connectivity index (χ4n) is 2.19. The standard InChI is InChI=1S/C12H13FO2/c13-9-6-5-8-3-1-2-4-10(12(14)15)11(8)7-9/h5-7,10H,1-4H2,(H,14,15). The first-order valence-electron chi connectivity index (χ1n) is 5.19. The largest absolute Gasteiger partial charge is 0.481 e. The van der Waals surface area contributed by atoms with Crippen molar-refractivity contribution in [2.45, 2.75) is 31.6 Å². The summed E-state index contributed by atoms with van der Waals surface area (Å²) in [5.41, 5.74) is 1.65. The summed E-state index contributed by atoms with van der Waals surface area (Å²) in [6.45, 7) is 0. The van der Waals surface area contributed by atoms with Gasteiger partial charge in [-0.3, -0.25) is 4.79 Å². The molecule has 0 fully saturated rings. The highest BCUT2D eigenvalue weighted by atomic mass is 19.1. The monoisotopic (exact) mass is 208 g/mol. The van der Waals surface area contributed by atoms with Gasteiger partial charge in [-0.1, -0.05) is 12.5 Å². The van der Waals surface area contributed by atoms with E-state index in [4.69, 9.17) is 5.11 Å². The molecule has 1 unspecified atom stereocenters. The van der Waals surface area contributed by atoms with Gasteiger partial charge in [-0.25, -0.2) is 4.39 Å². The van der Waals surface area contributed by atoms with E-state index in [-0.39, 0.29) is 5.82 Å². The van der Waals surface area contributed by atoms with Crippen molar-refractivity contribution in [1.29, 1.82) is 0 Å². The zero-order valence-corrected chi connectivity index (χ0v) is 8.37. The number of rotatable bonds is 1. The second kappa shape index (κ2) is 4.01. The number of fused-ring (bicyclic) bond motifs is 1. The third kappa shape index (κ3) is 2.01. The Labute approximate surface area is 87.7 Å². The van der Waals surface area contributed by atoms with Gasteiger partial charge in [0.2, 0.25) is 0 Å². The summed E-state index contributed by atoms with van der Waals surface area (Å²) < 4.78 is 13.1. The molecule has 1 aliphatic carbocycles. The minimum Gasteiger partial charge on any atom is -0.481 e. The first-order chi connectivity index (χ1) is 7.18. The van der Waals surface area contributed by atoms with E-state index in [0.717, 1.165) is 24.8 Å². The van der Waals surface area contributed by atoms with Gasteiger partial charge in [0.1, 0.15) is 5.82 Å². The van der Waals surface area contributed by atoms with Crippen LogP contribution in [0.15, 0.2) is 18.2 Å². The Kier molecular flexibility index (Phi) is 2.71. The average molecular weight is 208 g/mol. The number of carboxylic acids is 1. The van der Waals surface area contributed by atoms with Gasteiger partial charge in [-0.05, 0) is 42.5 Å². The van der Waals surface area contributed by atoms with Crippen molar-refractivity contribution in [3.05, 3.63) is 35.1 Å². The van der Waals surface area contributed by atoms with Crippen molar-refractivity contribution in [2.24, 2.45) is 0 Å². The molecule has 0 aromatic heterocycles. The highest BCUT2D eigenvalue weighted by Crippen LogP contribution is 2.31. The summed E-state index contributed by atoms with van der Waals surface area (Å²) in [5, 5.41) is 9.08.